The van der Waals surface area contributed by atoms with Gasteiger partial charge in [0.1, 0.15) is 0 Å². The molecule has 3 aliphatic carbocycles. The van der Waals surface area contributed by atoms with Crippen molar-refractivity contribution in [1.82, 2.24) is 10.3 Å². The van der Waals surface area contributed by atoms with Crippen LogP contribution in [0.1, 0.15) is 37.2 Å². The summed E-state index contributed by atoms with van der Waals surface area (Å²) in [5.74, 6) is 0.885. The van der Waals surface area contributed by atoms with Gasteiger partial charge in [-0.3, -0.25) is 14.6 Å². The molecule has 4 rings (SSSR count). The molecule has 3 aliphatic rings. The SMILES string of the molecule is COC(=O)[C@@H]1[C@H]2CC[C@@H](C2)[C@@H]1NC(=O)[C@H]1C[C@H]1c1cccnc1. The minimum absolute atomic E-state index is 0.0247. The Morgan fingerprint density at radius 3 is 2.83 bits per heavy atom. The molecule has 6 atom stereocenters. The Balaban J connectivity index is 1.42. The molecule has 0 radical (unpaired) electrons. The summed E-state index contributed by atoms with van der Waals surface area (Å²) < 4.78 is 4.97. The van der Waals surface area contributed by atoms with Crippen LogP contribution in [0.25, 0.3) is 0 Å². The highest BCUT2D eigenvalue weighted by atomic mass is 16.5. The molecule has 1 aromatic heterocycles. The second-order valence-electron chi connectivity index (χ2n) is 7.15. The molecule has 122 valence electrons. The van der Waals surface area contributed by atoms with E-state index in [-0.39, 0.29) is 35.7 Å². The number of aromatic nitrogens is 1. The number of hydrogen-bond donors (Lipinski definition) is 1. The van der Waals surface area contributed by atoms with Gasteiger partial charge in [-0.25, -0.2) is 0 Å². The third-order valence-electron chi connectivity index (χ3n) is 5.94. The normalized spacial score (nSPS) is 37.4. The zero-order valence-corrected chi connectivity index (χ0v) is 13.3. The highest BCUT2D eigenvalue weighted by Crippen LogP contribution is 2.51. The van der Waals surface area contributed by atoms with Gasteiger partial charge in [0.2, 0.25) is 5.91 Å². The predicted molar refractivity (Wildman–Crippen MR) is 83.4 cm³/mol. The largest absolute Gasteiger partial charge is 0.469 e. The zero-order chi connectivity index (χ0) is 16.0. The third kappa shape index (κ3) is 2.52. The summed E-state index contributed by atoms with van der Waals surface area (Å²) in [7, 11) is 1.44. The molecule has 5 nitrogen and oxygen atoms in total. The van der Waals surface area contributed by atoms with E-state index in [1.54, 1.807) is 6.20 Å². The number of esters is 1. The Kier molecular flexibility index (Phi) is 3.58. The second-order valence-corrected chi connectivity index (χ2v) is 7.15. The number of carbonyl (C=O) groups is 2. The van der Waals surface area contributed by atoms with Gasteiger partial charge in [0.05, 0.1) is 13.0 Å². The molecule has 1 amide bonds. The lowest BCUT2D eigenvalue weighted by Crippen LogP contribution is -2.47. The van der Waals surface area contributed by atoms with E-state index < -0.39 is 0 Å². The molecular weight excluding hydrogens is 292 g/mol. The first-order chi connectivity index (χ1) is 11.2. The van der Waals surface area contributed by atoms with Gasteiger partial charge in [0, 0.05) is 24.4 Å². The number of fused-ring (bicyclic) bond motifs is 2. The Morgan fingerprint density at radius 2 is 2.09 bits per heavy atom. The predicted octanol–water partition coefficient (Wildman–Crippen LogP) is 1.89. The van der Waals surface area contributed by atoms with E-state index in [1.807, 2.05) is 18.3 Å². The summed E-state index contributed by atoms with van der Waals surface area (Å²) in [4.78, 5) is 28.8. The summed E-state index contributed by atoms with van der Waals surface area (Å²) in [6, 6.07) is 3.90. The molecule has 0 unspecified atom stereocenters. The van der Waals surface area contributed by atoms with E-state index in [1.165, 1.54) is 7.11 Å². The first-order valence-electron chi connectivity index (χ1n) is 8.47. The zero-order valence-electron chi connectivity index (χ0n) is 13.3. The van der Waals surface area contributed by atoms with Gasteiger partial charge < -0.3 is 10.1 Å². The summed E-state index contributed by atoms with van der Waals surface area (Å²) in [6.45, 7) is 0. The lowest BCUT2D eigenvalue weighted by Gasteiger charge is -2.29. The van der Waals surface area contributed by atoms with Crippen LogP contribution in [0.3, 0.4) is 0 Å². The Hall–Kier alpha value is -1.91. The van der Waals surface area contributed by atoms with Gasteiger partial charge in [-0.05, 0) is 55.1 Å². The molecule has 1 heterocycles. The summed E-state index contributed by atoms with van der Waals surface area (Å²) in [6.07, 6.45) is 7.70. The van der Waals surface area contributed by atoms with Crippen molar-refractivity contribution in [2.45, 2.75) is 37.6 Å². The first kappa shape index (κ1) is 14.7. The molecular formula is C18H22N2O3. The van der Waals surface area contributed by atoms with Gasteiger partial charge in [0.25, 0.3) is 0 Å². The fourth-order valence-corrected chi connectivity index (χ4v) is 4.69. The first-order valence-corrected chi connectivity index (χ1v) is 8.47. The van der Waals surface area contributed by atoms with E-state index in [4.69, 9.17) is 4.74 Å². The van der Waals surface area contributed by atoms with Crippen LogP contribution >= 0.6 is 0 Å². The van der Waals surface area contributed by atoms with Gasteiger partial charge in [-0.15, -0.1) is 0 Å². The molecule has 1 aromatic rings. The molecule has 0 aromatic carbocycles. The monoisotopic (exact) mass is 314 g/mol. The van der Waals surface area contributed by atoms with Crippen LogP contribution in [0.5, 0.6) is 0 Å². The van der Waals surface area contributed by atoms with E-state index in [2.05, 4.69) is 10.3 Å². The van der Waals surface area contributed by atoms with Gasteiger partial charge in [-0.1, -0.05) is 6.07 Å². The fourth-order valence-electron chi connectivity index (χ4n) is 4.69. The number of carbonyl (C=O) groups excluding carboxylic acids is 2. The summed E-state index contributed by atoms with van der Waals surface area (Å²) in [5.41, 5.74) is 1.13. The average Bonchev–Trinajstić information content (AvgIpc) is 3.15. The van der Waals surface area contributed by atoms with Crippen molar-refractivity contribution < 1.29 is 14.3 Å². The Morgan fingerprint density at radius 1 is 1.26 bits per heavy atom. The van der Waals surface area contributed by atoms with Crippen molar-refractivity contribution in [2.24, 2.45) is 23.7 Å². The maximum absolute atomic E-state index is 12.6. The van der Waals surface area contributed by atoms with Crippen molar-refractivity contribution in [1.29, 1.82) is 0 Å². The number of rotatable bonds is 4. The van der Waals surface area contributed by atoms with E-state index in [9.17, 15) is 9.59 Å². The lowest BCUT2D eigenvalue weighted by atomic mass is 9.84. The van der Waals surface area contributed by atoms with Crippen molar-refractivity contribution in [3.8, 4) is 0 Å². The molecule has 0 aliphatic heterocycles. The minimum Gasteiger partial charge on any atom is -0.469 e. The molecule has 5 heteroatoms. The van der Waals surface area contributed by atoms with Crippen molar-refractivity contribution in [3.05, 3.63) is 30.1 Å². The number of ether oxygens (including phenoxy) is 1. The van der Waals surface area contributed by atoms with E-state index >= 15 is 0 Å². The van der Waals surface area contributed by atoms with E-state index in [0.29, 0.717) is 11.8 Å². The minimum atomic E-state index is -0.165. The molecule has 23 heavy (non-hydrogen) atoms. The Bertz CT molecular complexity index is 618. The van der Waals surface area contributed by atoms with Crippen LogP contribution in [-0.4, -0.2) is 30.0 Å². The van der Waals surface area contributed by atoms with Crippen molar-refractivity contribution >= 4 is 11.9 Å². The maximum Gasteiger partial charge on any atom is 0.311 e. The lowest BCUT2D eigenvalue weighted by molar-refractivity contribution is -0.148. The number of nitrogens with one attached hydrogen (secondary N) is 1. The third-order valence-corrected chi connectivity index (χ3v) is 5.94. The maximum atomic E-state index is 12.6. The smallest absolute Gasteiger partial charge is 0.311 e. The molecule has 0 saturated heterocycles. The summed E-state index contributed by atoms with van der Waals surface area (Å²) in [5, 5.41) is 3.18. The molecule has 0 spiro atoms. The topological polar surface area (TPSA) is 68.3 Å². The van der Waals surface area contributed by atoms with Gasteiger partial charge >= 0.3 is 5.97 Å². The van der Waals surface area contributed by atoms with Crippen LogP contribution < -0.4 is 5.32 Å². The number of amides is 1. The number of hydrogen-bond acceptors (Lipinski definition) is 4. The quantitative estimate of drug-likeness (QED) is 0.862. The molecule has 3 saturated carbocycles. The van der Waals surface area contributed by atoms with Crippen LogP contribution in [0.2, 0.25) is 0 Å². The van der Waals surface area contributed by atoms with Crippen LogP contribution in [0, 0.1) is 23.7 Å². The average molecular weight is 314 g/mol. The number of pyridine rings is 1. The number of methoxy groups -OCH3 is 1. The standard InChI is InChI=1S/C18H22N2O3/c1-23-18(22)15-10-4-5-11(7-10)16(15)20-17(21)14-8-13(14)12-3-2-6-19-9-12/h2-3,6,9-11,13-16H,4-5,7-8H2,1H3,(H,20,21)/t10-,11-,13-,14-,15+,16-/m0/s1. The Labute approximate surface area is 135 Å². The number of nitrogens with zero attached hydrogens (tertiary/aromatic N) is 1. The second kappa shape index (κ2) is 5.62. The van der Waals surface area contributed by atoms with Gasteiger partial charge in [-0.2, -0.15) is 0 Å². The highest BCUT2D eigenvalue weighted by molar-refractivity contribution is 5.84. The fraction of sp³-hybridized carbons (Fsp3) is 0.611. The van der Waals surface area contributed by atoms with E-state index in [0.717, 1.165) is 31.2 Å². The van der Waals surface area contributed by atoms with Crippen LogP contribution in [-0.2, 0) is 14.3 Å². The van der Waals surface area contributed by atoms with Crippen LogP contribution in [0.4, 0.5) is 0 Å². The van der Waals surface area contributed by atoms with Crippen LogP contribution in [0.15, 0.2) is 24.5 Å². The molecule has 3 fully saturated rings. The summed E-state index contributed by atoms with van der Waals surface area (Å²) >= 11 is 0. The molecule has 2 bridgehead atoms. The van der Waals surface area contributed by atoms with Gasteiger partial charge in [0.15, 0.2) is 0 Å². The van der Waals surface area contributed by atoms with Crippen molar-refractivity contribution in [2.75, 3.05) is 7.11 Å². The molecule has 1 N–H and O–H groups in total. The highest BCUT2D eigenvalue weighted by Gasteiger charge is 2.53. The van der Waals surface area contributed by atoms with Crippen molar-refractivity contribution in [3.63, 3.8) is 0 Å².